The molecule has 6 heteroatoms. The minimum absolute atomic E-state index is 0.0324. The van der Waals surface area contributed by atoms with Gasteiger partial charge in [0, 0.05) is 18.9 Å². The SMILES string of the molecule is Cc1cc2c(N3CC(CO)OCC3C)nccn2n1. The average molecular weight is 262 g/mol. The number of aliphatic hydroxyl groups is 1. The number of hydrogen-bond donors (Lipinski definition) is 1. The molecule has 6 nitrogen and oxygen atoms in total. The van der Waals surface area contributed by atoms with Gasteiger partial charge < -0.3 is 14.7 Å². The third-order valence-electron chi connectivity index (χ3n) is 3.47. The maximum Gasteiger partial charge on any atom is 0.155 e. The van der Waals surface area contributed by atoms with Crippen LogP contribution in [0.15, 0.2) is 18.5 Å². The molecule has 0 radical (unpaired) electrons. The van der Waals surface area contributed by atoms with Gasteiger partial charge in [0.2, 0.25) is 0 Å². The van der Waals surface area contributed by atoms with E-state index in [1.807, 2.05) is 23.7 Å². The zero-order valence-electron chi connectivity index (χ0n) is 11.2. The molecule has 0 amide bonds. The Morgan fingerprint density at radius 2 is 2.37 bits per heavy atom. The Labute approximate surface area is 111 Å². The quantitative estimate of drug-likeness (QED) is 0.860. The fourth-order valence-corrected chi connectivity index (χ4v) is 2.47. The van der Waals surface area contributed by atoms with Gasteiger partial charge in [-0.05, 0) is 19.9 Å². The van der Waals surface area contributed by atoms with E-state index in [9.17, 15) is 5.11 Å². The first-order chi connectivity index (χ1) is 9.19. The Balaban J connectivity index is 2.02. The van der Waals surface area contributed by atoms with Crippen LogP contribution in [0.1, 0.15) is 12.6 Å². The van der Waals surface area contributed by atoms with Crippen LogP contribution < -0.4 is 4.90 Å². The van der Waals surface area contributed by atoms with Crippen LogP contribution in [0.2, 0.25) is 0 Å². The minimum atomic E-state index is -0.151. The highest BCUT2D eigenvalue weighted by Crippen LogP contribution is 2.24. The second-order valence-corrected chi connectivity index (χ2v) is 5.01. The summed E-state index contributed by atoms with van der Waals surface area (Å²) in [6.45, 7) is 5.35. The third kappa shape index (κ3) is 2.17. The number of anilines is 1. The second-order valence-electron chi connectivity index (χ2n) is 5.01. The van der Waals surface area contributed by atoms with Crippen molar-refractivity contribution >= 4 is 11.3 Å². The molecule has 3 heterocycles. The van der Waals surface area contributed by atoms with E-state index in [1.54, 1.807) is 6.20 Å². The van der Waals surface area contributed by atoms with Crippen LogP contribution in [0.3, 0.4) is 0 Å². The number of aromatic nitrogens is 3. The van der Waals surface area contributed by atoms with Crippen molar-refractivity contribution in [1.29, 1.82) is 0 Å². The summed E-state index contributed by atoms with van der Waals surface area (Å²) in [6, 6.07) is 2.26. The summed E-state index contributed by atoms with van der Waals surface area (Å²) in [5, 5.41) is 13.7. The van der Waals surface area contributed by atoms with Crippen LogP contribution >= 0.6 is 0 Å². The first-order valence-corrected chi connectivity index (χ1v) is 6.49. The van der Waals surface area contributed by atoms with Crippen molar-refractivity contribution in [2.45, 2.75) is 26.0 Å². The standard InChI is InChI=1S/C13H18N4O2/c1-9-5-12-13(14-3-4-17(12)15-9)16-6-11(7-18)19-8-10(16)2/h3-5,10-11,18H,6-8H2,1-2H3. The highest BCUT2D eigenvalue weighted by Gasteiger charge is 2.28. The summed E-state index contributed by atoms with van der Waals surface area (Å²) in [7, 11) is 0. The zero-order valence-corrected chi connectivity index (χ0v) is 11.2. The van der Waals surface area contributed by atoms with Crippen LogP contribution in [0.5, 0.6) is 0 Å². The molecule has 1 aliphatic heterocycles. The molecule has 1 aliphatic rings. The molecule has 1 saturated heterocycles. The fourth-order valence-electron chi connectivity index (χ4n) is 2.47. The number of nitrogens with zero attached hydrogens (tertiary/aromatic N) is 4. The van der Waals surface area contributed by atoms with Crippen LogP contribution in [0, 0.1) is 6.92 Å². The Morgan fingerprint density at radius 1 is 1.53 bits per heavy atom. The second kappa shape index (κ2) is 4.79. The van der Waals surface area contributed by atoms with E-state index in [1.165, 1.54) is 0 Å². The van der Waals surface area contributed by atoms with E-state index < -0.39 is 0 Å². The van der Waals surface area contributed by atoms with E-state index in [4.69, 9.17) is 4.74 Å². The highest BCUT2D eigenvalue weighted by atomic mass is 16.5. The minimum Gasteiger partial charge on any atom is -0.394 e. The molecule has 1 N–H and O–H groups in total. The first-order valence-electron chi connectivity index (χ1n) is 6.49. The van der Waals surface area contributed by atoms with Gasteiger partial charge in [0.25, 0.3) is 0 Å². The third-order valence-corrected chi connectivity index (χ3v) is 3.47. The van der Waals surface area contributed by atoms with E-state index >= 15 is 0 Å². The molecular weight excluding hydrogens is 244 g/mol. The number of rotatable bonds is 2. The summed E-state index contributed by atoms with van der Waals surface area (Å²) >= 11 is 0. The number of hydrogen-bond acceptors (Lipinski definition) is 5. The lowest BCUT2D eigenvalue weighted by molar-refractivity contribution is -0.0105. The van der Waals surface area contributed by atoms with E-state index in [2.05, 4.69) is 21.9 Å². The van der Waals surface area contributed by atoms with Gasteiger partial charge in [-0.15, -0.1) is 0 Å². The number of morpholine rings is 1. The highest BCUT2D eigenvalue weighted by molar-refractivity contribution is 5.69. The van der Waals surface area contributed by atoms with Crippen molar-refractivity contribution in [3.63, 3.8) is 0 Å². The predicted octanol–water partition coefficient (Wildman–Crippen LogP) is 0.624. The lowest BCUT2D eigenvalue weighted by Crippen LogP contribution is -2.50. The number of aryl methyl sites for hydroxylation is 1. The molecular formula is C13H18N4O2. The molecule has 1 fully saturated rings. The normalized spacial score (nSPS) is 24.1. The first kappa shape index (κ1) is 12.4. The summed E-state index contributed by atoms with van der Waals surface area (Å²) in [5.74, 6) is 0.900. The molecule has 102 valence electrons. The number of fused-ring (bicyclic) bond motifs is 1. The van der Waals surface area contributed by atoms with Gasteiger partial charge in [-0.1, -0.05) is 0 Å². The summed E-state index contributed by atoms with van der Waals surface area (Å²) in [6.07, 6.45) is 3.45. The Hall–Kier alpha value is -1.66. The molecule has 0 saturated carbocycles. The van der Waals surface area contributed by atoms with E-state index in [-0.39, 0.29) is 18.8 Å². The molecule has 2 atom stereocenters. The maximum absolute atomic E-state index is 9.27. The van der Waals surface area contributed by atoms with E-state index in [0.717, 1.165) is 17.0 Å². The maximum atomic E-state index is 9.27. The van der Waals surface area contributed by atoms with Gasteiger partial charge in [-0.3, -0.25) is 0 Å². The van der Waals surface area contributed by atoms with Gasteiger partial charge in [-0.25, -0.2) is 9.50 Å². The lowest BCUT2D eigenvalue weighted by Gasteiger charge is -2.38. The summed E-state index contributed by atoms with van der Waals surface area (Å²) < 4.78 is 7.41. The molecule has 3 rings (SSSR count). The van der Waals surface area contributed by atoms with Crippen molar-refractivity contribution in [1.82, 2.24) is 14.6 Å². The molecule has 2 unspecified atom stereocenters. The van der Waals surface area contributed by atoms with Crippen LogP contribution in [0.4, 0.5) is 5.82 Å². The molecule has 19 heavy (non-hydrogen) atoms. The summed E-state index contributed by atoms with van der Waals surface area (Å²) in [4.78, 5) is 6.67. The zero-order chi connectivity index (χ0) is 13.4. The molecule has 0 aromatic carbocycles. The van der Waals surface area contributed by atoms with Crippen molar-refractivity contribution in [2.75, 3.05) is 24.7 Å². The lowest BCUT2D eigenvalue weighted by atomic mass is 10.2. The Kier molecular flexibility index (Phi) is 3.12. The van der Waals surface area contributed by atoms with Crippen molar-refractivity contribution in [3.8, 4) is 0 Å². The van der Waals surface area contributed by atoms with Gasteiger partial charge in [0.05, 0.1) is 31.1 Å². The van der Waals surface area contributed by atoms with Crippen molar-refractivity contribution in [2.24, 2.45) is 0 Å². The Bertz CT molecular complexity index is 583. The Morgan fingerprint density at radius 3 is 3.16 bits per heavy atom. The number of aliphatic hydroxyl groups excluding tert-OH is 1. The van der Waals surface area contributed by atoms with E-state index in [0.29, 0.717) is 13.2 Å². The molecule has 0 spiro atoms. The smallest absolute Gasteiger partial charge is 0.155 e. The predicted molar refractivity (Wildman–Crippen MR) is 71.4 cm³/mol. The fraction of sp³-hybridized carbons (Fsp3) is 0.538. The van der Waals surface area contributed by atoms with Crippen LogP contribution in [-0.2, 0) is 4.74 Å². The van der Waals surface area contributed by atoms with Crippen LogP contribution in [-0.4, -0.2) is 51.6 Å². The molecule has 2 aromatic rings. The topological polar surface area (TPSA) is 62.9 Å². The molecule has 2 aromatic heterocycles. The van der Waals surface area contributed by atoms with Gasteiger partial charge in [0.15, 0.2) is 5.82 Å². The van der Waals surface area contributed by atoms with Crippen LogP contribution in [0.25, 0.3) is 5.52 Å². The van der Waals surface area contributed by atoms with Gasteiger partial charge >= 0.3 is 0 Å². The summed E-state index contributed by atoms with van der Waals surface area (Å²) in [5.41, 5.74) is 1.96. The van der Waals surface area contributed by atoms with Crippen molar-refractivity contribution in [3.05, 3.63) is 24.2 Å². The largest absolute Gasteiger partial charge is 0.394 e. The molecule has 0 aliphatic carbocycles. The van der Waals surface area contributed by atoms with Crippen molar-refractivity contribution < 1.29 is 9.84 Å². The van der Waals surface area contributed by atoms with Gasteiger partial charge in [0.1, 0.15) is 5.52 Å². The number of ether oxygens (including phenoxy) is 1. The average Bonchev–Trinajstić information content (AvgIpc) is 2.79. The monoisotopic (exact) mass is 262 g/mol. The van der Waals surface area contributed by atoms with Gasteiger partial charge in [-0.2, -0.15) is 5.10 Å². The molecule has 0 bridgehead atoms.